The van der Waals surface area contributed by atoms with Gasteiger partial charge in [-0.05, 0) is 80.2 Å². The second-order valence-electron chi connectivity index (χ2n) is 7.64. The number of aromatic nitrogens is 1. The SMILES string of the molecule is COc1ccccc1N1C(=O)/C(=C/c2cc(C)n(-c3ccc(C(=O)O)cc3)c2C)C(=O)NC1=S. The van der Waals surface area contributed by atoms with Crippen LogP contribution in [-0.2, 0) is 9.59 Å². The third-order valence-corrected chi connectivity index (χ3v) is 5.85. The van der Waals surface area contributed by atoms with Gasteiger partial charge in [0.15, 0.2) is 5.11 Å². The molecule has 1 saturated heterocycles. The molecule has 0 spiro atoms. The van der Waals surface area contributed by atoms with Crippen molar-refractivity contribution in [3.8, 4) is 11.4 Å². The Bertz CT molecular complexity index is 1370. The van der Waals surface area contributed by atoms with Crippen molar-refractivity contribution < 1.29 is 24.2 Å². The molecule has 172 valence electrons. The van der Waals surface area contributed by atoms with Crippen LogP contribution in [0.2, 0.25) is 0 Å². The maximum absolute atomic E-state index is 13.4. The van der Waals surface area contributed by atoms with Gasteiger partial charge in [-0.15, -0.1) is 0 Å². The molecule has 2 heterocycles. The first-order chi connectivity index (χ1) is 16.2. The predicted octanol–water partition coefficient (Wildman–Crippen LogP) is 3.63. The maximum atomic E-state index is 13.4. The third kappa shape index (κ3) is 3.97. The molecule has 1 fully saturated rings. The summed E-state index contributed by atoms with van der Waals surface area (Å²) in [6.07, 6.45) is 1.53. The molecule has 1 aliphatic heterocycles. The number of nitrogens with zero attached hydrogens (tertiary/aromatic N) is 2. The molecule has 1 aliphatic rings. The number of aromatic carboxylic acids is 1. The number of para-hydroxylation sites is 2. The Morgan fingerprint density at radius 3 is 2.41 bits per heavy atom. The standard InChI is InChI=1S/C25H21N3O5S/c1-14-12-17(15(2)27(14)18-10-8-16(9-11-18)24(31)32)13-19-22(29)26-25(34)28(23(19)30)20-6-4-5-7-21(20)33-3/h4-13H,1-3H3,(H,31,32)(H,26,29,34)/b19-13+. The minimum Gasteiger partial charge on any atom is -0.495 e. The largest absolute Gasteiger partial charge is 0.495 e. The number of amides is 2. The van der Waals surface area contributed by atoms with E-state index in [1.165, 1.54) is 30.2 Å². The lowest BCUT2D eigenvalue weighted by molar-refractivity contribution is -0.122. The Hall–Kier alpha value is -4.24. The van der Waals surface area contributed by atoms with Gasteiger partial charge in [0.05, 0.1) is 18.4 Å². The molecule has 8 nitrogen and oxygen atoms in total. The summed E-state index contributed by atoms with van der Waals surface area (Å²) in [6.45, 7) is 3.75. The van der Waals surface area contributed by atoms with Crippen molar-refractivity contribution in [2.75, 3.05) is 12.0 Å². The van der Waals surface area contributed by atoms with Gasteiger partial charge >= 0.3 is 5.97 Å². The molecule has 2 aromatic carbocycles. The number of benzene rings is 2. The molecule has 0 radical (unpaired) electrons. The first-order valence-corrected chi connectivity index (χ1v) is 10.7. The van der Waals surface area contributed by atoms with E-state index in [9.17, 15) is 14.4 Å². The normalized spacial score (nSPS) is 15.0. The highest BCUT2D eigenvalue weighted by Crippen LogP contribution is 2.31. The molecule has 0 unspecified atom stereocenters. The zero-order chi connectivity index (χ0) is 24.6. The number of aryl methyl sites for hydroxylation is 1. The second kappa shape index (κ2) is 8.95. The van der Waals surface area contributed by atoms with Crippen molar-refractivity contribution >= 4 is 46.9 Å². The number of anilines is 1. The monoisotopic (exact) mass is 475 g/mol. The summed E-state index contributed by atoms with van der Waals surface area (Å²) in [6, 6.07) is 15.2. The van der Waals surface area contributed by atoms with E-state index in [1.54, 1.807) is 36.4 Å². The predicted molar refractivity (Wildman–Crippen MR) is 131 cm³/mol. The molecule has 3 aromatic rings. The number of thiocarbonyl (C=S) groups is 1. The Morgan fingerprint density at radius 1 is 1.09 bits per heavy atom. The van der Waals surface area contributed by atoms with Crippen LogP contribution < -0.4 is 15.0 Å². The quantitative estimate of drug-likeness (QED) is 0.332. The first-order valence-electron chi connectivity index (χ1n) is 10.3. The summed E-state index contributed by atoms with van der Waals surface area (Å²) in [5.41, 5.74) is 3.62. The highest BCUT2D eigenvalue weighted by Gasteiger charge is 2.36. The van der Waals surface area contributed by atoms with Crippen molar-refractivity contribution in [3.05, 3.63) is 82.7 Å². The van der Waals surface area contributed by atoms with Crippen LogP contribution in [0.3, 0.4) is 0 Å². The van der Waals surface area contributed by atoms with Gasteiger partial charge in [-0.25, -0.2) is 9.69 Å². The topological polar surface area (TPSA) is 101 Å². The van der Waals surface area contributed by atoms with Crippen molar-refractivity contribution in [1.29, 1.82) is 0 Å². The van der Waals surface area contributed by atoms with Gasteiger partial charge in [0.1, 0.15) is 11.3 Å². The molecule has 0 saturated carbocycles. The number of carbonyl (C=O) groups is 3. The smallest absolute Gasteiger partial charge is 0.335 e. The lowest BCUT2D eigenvalue weighted by Crippen LogP contribution is -2.54. The van der Waals surface area contributed by atoms with Crippen LogP contribution in [0, 0.1) is 13.8 Å². The molecule has 0 aliphatic carbocycles. The Balaban J connectivity index is 1.75. The van der Waals surface area contributed by atoms with E-state index in [2.05, 4.69) is 5.32 Å². The van der Waals surface area contributed by atoms with E-state index in [-0.39, 0.29) is 16.2 Å². The van der Waals surface area contributed by atoms with Gasteiger partial charge in [-0.2, -0.15) is 0 Å². The summed E-state index contributed by atoms with van der Waals surface area (Å²) in [5, 5.41) is 11.7. The lowest BCUT2D eigenvalue weighted by atomic mass is 10.1. The number of methoxy groups -OCH3 is 1. The van der Waals surface area contributed by atoms with E-state index < -0.39 is 17.8 Å². The average molecular weight is 476 g/mol. The number of carbonyl (C=O) groups excluding carboxylic acids is 2. The van der Waals surface area contributed by atoms with E-state index in [1.807, 2.05) is 24.5 Å². The Kier molecular flexibility index (Phi) is 6.04. The zero-order valence-electron chi connectivity index (χ0n) is 18.7. The Labute approximate surface area is 201 Å². The van der Waals surface area contributed by atoms with Crippen LogP contribution in [0.1, 0.15) is 27.3 Å². The number of nitrogens with one attached hydrogen (secondary N) is 1. The summed E-state index contributed by atoms with van der Waals surface area (Å²) in [5.74, 6) is -1.71. The van der Waals surface area contributed by atoms with Crippen molar-refractivity contribution in [2.24, 2.45) is 0 Å². The van der Waals surface area contributed by atoms with Crippen molar-refractivity contribution in [1.82, 2.24) is 9.88 Å². The van der Waals surface area contributed by atoms with Crippen molar-refractivity contribution in [3.63, 3.8) is 0 Å². The van der Waals surface area contributed by atoms with Gasteiger partial charge in [0, 0.05) is 17.1 Å². The second-order valence-corrected chi connectivity index (χ2v) is 8.03. The molecular formula is C25H21N3O5S. The van der Waals surface area contributed by atoms with Gasteiger partial charge in [-0.3, -0.25) is 14.9 Å². The van der Waals surface area contributed by atoms with Crippen LogP contribution in [0.15, 0.2) is 60.2 Å². The van der Waals surface area contributed by atoms with Crippen LogP contribution in [0.4, 0.5) is 5.69 Å². The van der Waals surface area contributed by atoms with Crippen LogP contribution in [0.25, 0.3) is 11.8 Å². The maximum Gasteiger partial charge on any atom is 0.335 e. The summed E-state index contributed by atoms with van der Waals surface area (Å²) >= 11 is 5.28. The fraction of sp³-hybridized carbons (Fsp3) is 0.120. The average Bonchev–Trinajstić information content (AvgIpc) is 3.09. The van der Waals surface area contributed by atoms with Crippen LogP contribution >= 0.6 is 12.2 Å². The molecular weight excluding hydrogens is 454 g/mol. The van der Waals surface area contributed by atoms with Gasteiger partial charge in [-0.1, -0.05) is 12.1 Å². The molecule has 0 atom stereocenters. The molecule has 9 heteroatoms. The minimum atomic E-state index is -1.00. The third-order valence-electron chi connectivity index (χ3n) is 5.57. The first kappa shape index (κ1) is 22.9. The van der Waals surface area contributed by atoms with Gasteiger partial charge < -0.3 is 14.4 Å². The fourth-order valence-corrected chi connectivity index (χ4v) is 4.20. The van der Waals surface area contributed by atoms with Crippen LogP contribution in [-0.4, -0.2) is 39.7 Å². The highest BCUT2D eigenvalue weighted by molar-refractivity contribution is 7.80. The van der Waals surface area contributed by atoms with E-state index in [0.29, 0.717) is 17.0 Å². The van der Waals surface area contributed by atoms with Crippen molar-refractivity contribution in [2.45, 2.75) is 13.8 Å². The molecule has 4 rings (SSSR count). The summed E-state index contributed by atoms with van der Waals surface area (Å²) < 4.78 is 7.28. The fourth-order valence-electron chi connectivity index (χ4n) is 3.93. The van der Waals surface area contributed by atoms with E-state index in [4.69, 9.17) is 22.1 Å². The van der Waals surface area contributed by atoms with Gasteiger partial charge in [0.25, 0.3) is 11.8 Å². The number of carboxylic acid groups (broad SMARTS) is 1. The molecule has 2 amide bonds. The number of hydrogen-bond acceptors (Lipinski definition) is 5. The molecule has 2 N–H and O–H groups in total. The van der Waals surface area contributed by atoms with Crippen LogP contribution in [0.5, 0.6) is 5.75 Å². The number of rotatable bonds is 5. The lowest BCUT2D eigenvalue weighted by Gasteiger charge is -2.29. The van der Waals surface area contributed by atoms with E-state index in [0.717, 1.165) is 17.1 Å². The number of carboxylic acids is 1. The Morgan fingerprint density at radius 2 is 1.76 bits per heavy atom. The van der Waals surface area contributed by atoms with E-state index >= 15 is 0 Å². The minimum absolute atomic E-state index is 0.0272. The molecule has 34 heavy (non-hydrogen) atoms. The highest BCUT2D eigenvalue weighted by atomic mass is 32.1. The number of ether oxygens (including phenoxy) is 1. The number of hydrogen-bond donors (Lipinski definition) is 2. The molecule has 0 bridgehead atoms. The summed E-state index contributed by atoms with van der Waals surface area (Å²) in [4.78, 5) is 38.5. The summed E-state index contributed by atoms with van der Waals surface area (Å²) in [7, 11) is 1.49. The molecule has 1 aromatic heterocycles. The van der Waals surface area contributed by atoms with Gasteiger partial charge in [0.2, 0.25) is 0 Å². The zero-order valence-corrected chi connectivity index (χ0v) is 19.5.